The minimum absolute atomic E-state index is 0.284. The highest BCUT2D eigenvalue weighted by molar-refractivity contribution is 9.10. The summed E-state index contributed by atoms with van der Waals surface area (Å²) in [6.07, 6.45) is 0. The lowest BCUT2D eigenvalue weighted by Crippen LogP contribution is -2.34. The van der Waals surface area contributed by atoms with Gasteiger partial charge in [-0.05, 0) is 19.1 Å². The molecule has 19 heavy (non-hydrogen) atoms. The molecule has 1 saturated heterocycles. The van der Waals surface area contributed by atoms with Crippen LogP contribution in [-0.2, 0) is 4.74 Å². The zero-order valence-electron chi connectivity index (χ0n) is 10.6. The molecule has 0 spiro atoms. The summed E-state index contributed by atoms with van der Waals surface area (Å²) in [5, 5.41) is 4.56. The Labute approximate surface area is 125 Å². The van der Waals surface area contributed by atoms with Crippen LogP contribution in [0.25, 0.3) is 10.6 Å². The van der Waals surface area contributed by atoms with Gasteiger partial charge in [-0.25, -0.2) is 4.98 Å². The summed E-state index contributed by atoms with van der Waals surface area (Å²) in [5.41, 5.74) is 2.26. The highest BCUT2D eigenvalue weighted by Crippen LogP contribution is 2.33. The molecule has 5 heteroatoms. The van der Waals surface area contributed by atoms with Gasteiger partial charge >= 0.3 is 0 Å². The van der Waals surface area contributed by atoms with Crippen LogP contribution in [0.5, 0.6) is 0 Å². The van der Waals surface area contributed by atoms with E-state index in [-0.39, 0.29) is 6.04 Å². The van der Waals surface area contributed by atoms with Crippen molar-refractivity contribution in [2.75, 3.05) is 19.8 Å². The standard InChI is InChI=1S/C14H15BrN2OS/c1-9-13(12-8-18-6-5-16-12)19-14(17-9)10-3-2-4-11(15)7-10/h2-4,7,12,16H,5-6,8H2,1H3. The third kappa shape index (κ3) is 2.89. The predicted molar refractivity (Wildman–Crippen MR) is 81.5 cm³/mol. The number of aryl methyl sites for hydroxylation is 1. The minimum atomic E-state index is 0.284. The molecule has 0 radical (unpaired) electrons. The number of hydrogen-bond donors (Lipinski definition) is 1. The SMILES string of the molecule is Cc1nc(-c2cccc(Br)c2)sc1C1COCCN1. The fourth-order valence-corrected chi connectivity index (χ4v) is 3.73. The molecule has 3 rings (SSSR count). The van der Waals surface area contributed by atoms with E-state index in [1.165, 1.54) is 4.88 Å². The summed E-state index contributed by atoms with van der Waals surface area (Å²) in [4.78, 5) is 5.99. The van der Waals surface area contributed by atoms with Crippen molar-refractivity contribution in [1.82, 2.24) is 10.3 Å². The Hall–Kier alpha value is -0.750. The summed E-state index contributed by atoms with van der Waals surface area (Å²) >= 11 is 5.26. The molecule has 1 atom stereocenters. The van der Waals surface area contributed by atoms with Crippen molar-refractivity contribution >= 4 is 27.3 Å². The van der Waals surface area contributed by atoms with Crippen LogP contribution in [0, 0.1) is 6.92 Å². The quantitative estimate of drug-likeness (QED) is 0.909. The molecule has 2 aromatic rings. The van der Waals surface area contributed by atoms with E-state index in [9.17, 15) is 0 Å². The number of nitrogens with zero attached hydrogens (tertiary/aromatic N) is 1. The van der Waals surface area contributed by atoms with Crippen LogP contribution < -0.4 is 5.32 Å². The van der Waals surface area contributed by atoms with Gasteiger partial charge in [-0.3, -0.25) is 0 Å². The van der Waals surface area contributed by atoms with E-state index >= 15 is 0 Å². The van der Waals surface area contributed by atoms with E-state index in [1.54, 1.807) is 11.3 Å². The third-order valence-corrected chi connectivity index (χ3v) is 4.96. The average molecular weight is 339 g/mol. The normalized spacial score (nSPS) is 19.6. The number of rotatable bonds is 2. The molecule has 2 heterocycles. The Balaban J connectivity index is 1.92. The van der Waals surface area contributed by atoms with Crippen LogP contribution >= 0.6 is 27.3 Å². The molecule has 1 aromatic carbocycles. The first-order valence-corrected chi connectivity index (χ1v) is 7.89. The largest absolute Gasteiger partial charge is 0.378 e. The maximum absolute atomic E-state index is 5.53. The molecule has 0 bridgehead atoms. The first-order valence-electron chi connectivity index (χ1n) is 6.28. The molecule has 1 fully saturated rings. The van der Waals surface area contributed by atoms with Crippen molar-refractivity contribution in [2.24, 2.45) is 0 Å². The summed E-state index contributed by atoms with van der Waals surface area (Å²) in [5.74, 6) is 0. The van der Waals surface area contributed by atoms with Crippen molar-refractivity contribution in [3.8, 4) is 10.6 Å². The van der Waals surface area contributed by atoms with Gasteiger partial charge in [-0.1, -0.05) is 28.1 Å². The summed E-state index contributed by atoms with van der Waals surface area (Å²) in [6.45, 7) is 4.52. The molecule has 0 saturated carbocycles. The van der Waals surface area contributed by atoms with E-state index < -0.39 is 0 Å². The summed E-state index contributed by atoms with van der Waals surface area (Å²) < 4.78 is 6.62. The molecule has 1 aliphatic heterocycles. The Kier molecular flexibility index (Phi) is 3.98. The lowest BCUT2D eigenvalue weighted by atomic mass is 10.2. The molecular formula is C14H15BrN2OS. The minimum Gasteiger partial charge on any atom is -0.378 e. The van der Waals surface area contributed by atoms with Crippen molar-refractivity contribution in [3.05, 3.63) is 39.3 Å². The smallest absolute Gasteiger partial charge is 0.123 e. The van der Waals surface area contributed by atoms with Crippen molar-refractivity contribution in [3.63, 3.8) is 0 Å². The van der Waals surface area contributed by atoms with Crippen LogP contribution in [0.4, 0.5) is 0 Å². The van der Waals surface area contributed by atoms with Crippen LogP contribution in [0.2, 0.25) is 0 Å². The number of aromatic nitrogens is 1. The zero-order chi connectivity index (χ0) is 13.2. The molecule has 1 aromatic heterocycles. The van der Waals surface area contributed by atoms with Crippen LogP contribution in [0.3, 0.4) is 0 Å². The third-order valence-electron chi connectivity index (χ3n) is 3.14. The average Bonchev–Trinajstić information content (AvgIpc) is 2.82. The first-order chi connectivity index (χ1) is 9.24. The topological polar surface area (TPSA) is 34.1 Å². The van der Waals surface area contributed by atoms with Gasteiger partial charge in [0.15, 0.2) is 0 Å². The second-order valence-electron chi connectivity index (χ2n) is 4.56. The number of halogens is 1. The molecule has 3 nitrogen and oxygen atoms in total. The van der Waals surface area contributed by atoms with E-state index in [2.05, 4.69) is 40.3 Å². The fourth-order valence-electron chi connectivity index (χ4n) is 2.21. The van der Waals surface area contributed by atoms with E-state index in [4.69, 9.17) is 9.72 Å². The molecule has 1 aliphatic rings. The molecular weight excluding hydrogens is 324 g/mol. The predicted octanol–water partition coefficient (Wildman–Crippen LogP) is 3.54. The lowest BCUT2D eigenvalue weighted by Gasteiger charge is -2.22. The number of hydrogen-bond acceptors (Lipinski definition) is 4. The van der Waals surface area contributed by atoms with Gasteiger partial charge in [0.1, 0.15) is 5.01 Å². The fraction of sp³-hybridized carbons (Fsp3) is 0.357. The molecule has 0 aliphatic carbocycles. The van der Waals surface area contributed by atoms with Crippen molar-refractivity contribution in [2.45, 2.75) is 13.0 Å². The van der Waals surface area contributed by atoms with Gasteiger partial charge in [0.05, 0.1) is 24.9 Å². The first kappa shape index (κ1) is 13.2. The van der Waals surface area contributed by atoms with E-state index in [0.717, 1.165) is 40.5 Å². The Morgan fingerprint density at radius 2 is 2.37 bits per heavy atom. The highest BCUT2D eigenvalue weighted by atomic mass is 79.9. The molecule has 1 N–H and O–H groups in total. The molecule has 100 valence electrons. The zero-order valence-corrected chi connectivity index (χ0v) is 13.1. The van der Waals surface area contributed by atoms with Gasteiger partial charge in [0.25, 0.3) is 0 Å². The van der Waals surface area contributed by atoms with Crippen LogP contribution in [0.1, 0.15) is 16.6 Å². The van der Waals surface area contributed by atoms with Gasteiger partial charge in [-0.15, -0.1) is 11.3 Å². The summed E-state index contributed by atoms with van der Waals surface area (Å²) in [7, 11) is 0. The maximum atomic E-state index is 5.53. The van der Waals surface area contributed by atoms with E-state index in [1.807, 2.05) is 12.1 Å². The van der Waals surface area contributed by atoms with E-state index in [0.29, 0.717) is 0 Å². The Morgan fingerprint density at radius 3 is 3.11 bits per heavy atom. The van der Waals surface area contributed by atoms with Crippen molar-refractivity contribution in [1.29, 1.82) is 0 Å². The second kappa shape index (κ2) is 5.71. The van der Waals surface area contributed by atoms with Gasteiger partial charge in [-0.2, -0.15) is 0 Å². The number of nitrogens with one attached hydrogen (secondary N) is 1. The maximum Gasteiger partial charge on any atom is 0.123 e. The van der Waals surface area contributed by atoms with Crippen LogP contribution in [-0.4, -0.2) is 24.7 Å². The Morgan fingerprint density at radius 1 is 1.47 bits per heavy atom. The van der Waals surface area contributed by atoms with Crippen LogP contribution in [0.15, 0.2) is 28.7 Å². The second-order valence-corrected chi connectivity index (χ2v) is 6.51. The number of benzene rings is 1. The molecule has 0 amide bonds. The number of morpholine rings is 1. The monoisotopic (exact) mass is 338 g/mol. The molecule has 1 unspecified atom stereocenters. The van der Waals surface area contributed by atoms with Crippen molar-refractivity contribution < 1.29 is 4.74 Å². The highest BCUT2D eigenvalue weighted by Gasteiger charge is 2.21. The lowest BCUT2D eigenvalue weighted by molar-refractivity contribution is 0.0777. The Bertz CT molecular complexity index is 579. The van der Waals surface area contributed by atoms with Gasteiger partial charge in [0, 0.05) is 21.5 Å². The number of ether oxygens (including phenoxy) is 1. The van der Waals surface area contributed by atoms with Gasteiger partial charge < -0.3 is 10.1 Å². The van der Waals surface area contributed by atoms with Gasteiger partial charge in [0.2, 0.25) is 0 Å². The summed E-state index contributed by atoms with van der Waals surface area (Å²) in [6, 6.07) is 8.55. The number of thiazole rings is 1.